The molecule has 3 rings (SSSR count). The van der Waals surface area contributed by atoms with Gasteiger partial charge in [0.15, 0.2) is 12.4 Å². The van der Waals surface area contributed by atoms with Gasteiger partial charge in [0.2, 0.25) is 0 Å². The summed E-state index contributed by atoms with van der Waals surface area (Å²) in [6, 6.07) is 12.9. The Balaban J connectivity index is 1.71. The van der Waals surface area contributed by atoms with Crippen LogP contribution in [0.3, 0.4) is 0 Å². The molecule has 0 aromatic heterocycles. The number of halogens is 2. The number of amides is 4. The van der Waals surface area contributed by atoms with Gasteiger partial charge in [0.1, 0.15) is 5.54 Å². The molecule has 0 spiro atoms. The van der Waals surface area contributed by atoms with Crippen LogP contribution in [0.2, 0.25) is 10.0 Å². The van der Waals surface area contributed by atoms with Crippen LogP contribution in [0.15, 0.2) is 48.5 Å². The Labute approximate surface area is 171 Å². The summed E-state index contributed by atoms with van der Waals surface area (Å²) in [6.45, 7) is 1.30. The molecule has 0 aliphatic carbocycles. The van der Waals surface area contributed by atoms with Crippen LogP contribution < -0.4 is 15.5 Å². The molecule has 7 nitrogen and oxygen atoms in total. The van der Waals surface area contributed by atoms with Crippen LogP contribution in [0.5, 0.6) is 5.75 Å². The first-order valence-corrected chi connectivity index (χ1v) is 9.23. The molecule has 4 amide bonds. The van der Waals surface area contributed by atoms with E-state index in [-0.39, 0.29) is 15.8 Å². The first-order valence-electron chi connectivity index (χ1n) is 8.47. The van der Waals surface area contributed by atoms with Crippen molar-refractivity contribution < 1.29 is 19.1 Å². The molecule has 1 atom stereocenters. The number of imide groups is 1. The summed E-state index contributed by atoms with van der Waals surface area (Å²) in [6.07, 6.45) is 0.319. The highest BCUT2D eigenvalue weighted by Crippen LogP contribution is 2.33. The fraction of sp³-hybridized carbons (Fsp3) is 0.211. The Hall–Kier alpha value is -2.77. The molecule has 0 radical (unpaired) electrons. The maximum absolute atomic E-state index is 12.9. The molecule has 2 N–H and O–H groups in total. The van der Waals surface area contributed by atoms with Crippen molar-refractivity contribution >= 4 is 41.0 Å². The second kappa shape index (κ2) is 8.08. The minimum absolute atomic E-state index is 0.144. The van der Waals surface area contributed by atoms with Gasteiger partial charge in [-0.25, -0.2) is 4.79 Å². The van der Waals surface area contributed by atoms with Gasteiger partial charge < -0.3 is 10.1 Å². The summed E-state index contributed by atoms with van der Waals surface area (Å²) < 4.78 is 5.33. The molecule has 28 heavy (non-hydrogen) atoms. The molecule has 146 valence electrons. The highest BCUT2D eigenvalue weighted by molar-refractivity contribution is 6.37. The second-order valence-electron chi connectivity index (χ2n) is 6.07. The van der Waals surface area contributed by atoms with E-state index in [1.165, 1.54) is 0 Å². The average Bonchev–Trinajstić information content (AvgIpc) is 2.93. The first-order chi connectivity index (χ1) is 13.4. The molecule has 0 bridgehead atoms. The monoisotopic (exact) mass is 421 g/mol. The molecule has 0 saturated carbocycles. The van der Waals surface area contributed by atoms with Gasteiger partial charge >= 0.3 is 6.03 Å². The Morgan fingerprint density at radius 2 is 1.75 bits per heavy atom. The number of benzene rings is 2. The van der Waals surface area contributed by atoms with Gasteiger partial charge in [-0.2, -0.15) is 5.01 Å². The number of carbonyl (C=O) groups excluding carboxylic acids is 3. The number of hydrazine groups is 1. The Morgan fingerprint density at radius 3 is 2.36 bits per heavy atom. The average molecular weight is 422 g/mol. The Bertz CT molecular complexity index is 902. The zero-order chi connectivity index (χ0) is 20.3. The summed E-state index contributed by atoms with van der Waals surface area (Å²) in [7, 11) is 0. The minimum Gasteiger partial charge on any atom is -0.481 e. The number of ether oxygens (including phenoxy) is 1. The second-order valence-corrected chi connectivity index (χ2v) is 6.88. The third-order valence-electron chi connectivity index (χ3n) is 4.39. The van der Waals surface area contributed by atoms with Gasteiger partial charge in [-0.05, 0) is 24.1 Å². The van der Waals surface area contributed by atoms with Gasteiger partial charge in [-0.3, -0.25) is 15.0 Å². The van der Waals surface area contributed by atoms with Gasteiger partial charge in [-0.1, -0.05) is 66.5 Å². The smallest absolute Gasteiger partial charge is 0.344 e. The van der Waals surface area contributed by atoms with E-state index < -0.39 is 30.0 Å². The molecule has 1 aliphatic heterocycles. The zero-order valence-corrected chi connectivity index (χ0v) is 16.4. The fourth-order valence-corrected chi connectivity index (χ4v) is 3.46. The molecule has 2 aromatic rings. The molecule has 9 heteroatoms. The Kier molecular flexibility index (Phi) is 5.76. The third kappa shape index (κ3) is 3.63. The number of para-hydroxylation sites is 1. The van der Waals surface area contributed by atoms with Crippen molar-refractivity contribution in [2.75, 3.05) is 6.61 Å². The van der Waals surface area contributed by atoms with Crippen molar-refractivity contribution in [2.45, 2.75) is 18.9 Å². The first kappa shape index (κ1) is 20.0. The normalized spacial score (nSPS) is 18.8. The van der Waals surface area contributed by atoms with Crippen molar-refractivity contribution in [2.24, 2.45) is 0 Å². The fourth-order valence-electron chi connectivity index (χ4n) is 2.95. The van der Waals surface area contributed by atoms with Crippen molar-refractivity contribution in [3.05, 3.63) is 64.1 Å². The summed E-state index contributed by atoms with van der Waals surface area (Å²) in [4.78, 5) is 37.5. The Morgan fingerprint density at radius 1 is 1.11 bits per heavy atom. The summed E-state index contributed by atoms with van der Waals surface area (Å²) in [5.41, 5.74) is 1.66. The lowest BCUT2D eigenvalue weighted by molar-refractivity contribution is -0.140. The minimum atomic E-state index is -1.24. The van der Waals surface area contributed by atoms with E-state index >= 15 is 0 Å². The van der Waals surface area contributed by atoms with Crippen LogP contribution in [0.1, 0.15) is 18.9 Å². The SMILES string of the molecule is CCC1(c2ccccc2)NC(=O)N(NC(=O)COc2c(Cl)cccc2Cl)C1=O. The number of rotatable bonds is 6. The maximum atomic E-state index is 12.9. The predicted molar refractivity (Wildman–Crippen MR) is 104 cm³/mol. The quantitative estimate of drug-likeness (QED) is 0.700. The van der Waals surface area contributed by atoms with Gasteiger partial charge in [-0.15, -0.1) is 0 Å². The maximum Gasteiger partial charge on any atom is 0.344 e. The van der Waals surface area contributed by atoms with Crippen molar-refractivity contribution in [1.29, 1.82) is 0 Å². The number of nitrogens with zero attached hydrogens (tertiary/aromatic N) is 1. The molecule has 1 aliphatic rings. The third-order valence-corrected chi connectivity index (χ3v) is 4.99. The molecule has 1 fully saturated rings. The molecule has 2 aromatic carbocycles. The lowest BCUT2D eigenvalue weighted by atomic mass is 9.87. The summed E-state index contributed by atoms with van der Waals surface area (Å²) in [5.74, 6) is -1.14. The highest BCUT2D eigenvalue weighted by Gasteiger charge is 2.52. The van der Waals surface area contributed by atoms with Crippen molar-refractivity contribution in [1.82, 2.24) is 15.8 Å². The van der Waals surface area contributed by atoms with E-state index in [4.69, 9.17) is 27.9 Å². The van der Waals surface area contributed by atoms with Gasteiger partial charge in [0, 0.05) is 0 Å². The van der Waals surface area contributed by atoms with E-state index in [1.807, 2.05) is 6.07 Å². The van der Waals surface area contributed by atoms with E-state index in [1.54, 1.807) is 49.4 Å². The summed E-state index contributed by atoms with van der Waals surface area (Å²) >= 11 is 12.0. The van der Waals surface area contributed by atoms with Gasteiger partial charge in [0.05, 0.1) is 10.0 Å². The van der Waals surface area contributed by atoms with E-state index in [0.717, 1.165) is 0 Å². The van der Waals surface area contributed by atoms with Crippen molar-refractivity contribution in [3.8, 4) is 5.75 Å². The van der Waals surface area contributed by atoms with E-state index in [0.29, 0.717) is 17.0 Å². The number of nitrogens with one attached hydrogen (secondary N) is 2. The summed E-state index contributed by atoms with van der Waals surface area (Å²) in [5, 5.41) is 3.81. The molecular weight excluding hydrogens is 405 g/mol. The zero-order valence-electron chi connectivity index (χ0n) is 14.9. The van der Waals surface area contributed by atoms with E-state index in [9.17, 15) is 14.4 Å². The standard InChI is InChI=1S/C19H17Cl2N3O4/c1-2-19(12-7-4-3-5-8-12)17(26)24(18(27)22-19)23-15(25)11-28-16-13(20)9-6-10-14(16)21/h3-10H,2,11H2,1H3,(H,22,27)(H,23,25). The van der Waals surface area contributed by atoms with Gasteiger partial charge in [0.25, 0.3) is 11.8 Å². The van der Waals surface area contributed by atoms with Crippen LogP contribution in [0.25, 0.3) is 0 Å². The number of hydrogen-bond acceptors (Lipinski definition) is 4. The molecule has 1 heterocycles. The highest BCUT2D eigenvalue weighted by atomic mass is 35.5. The molecule has 1 saturated heterocycles. The molecular formula is C19H17Cl2N3O4. The van der Waals surface area contributed by atoms with Crippen LogP contribution in [0.4, 0.5) is 4.79 Å². The number of urea groups is 1. The lowest BCUT2D eigenvalue weighted by Crippen LogP contribution is -2.49. The van der Waals surface area contributed by atoms with Crippen LogP contribution in [-0.2, 0) is 15.1 Å². The van der Waals surface area contributed by atoms with Crippen LogP contribution >= 0.6 is 23.2 Å². The number of hydrogen-bond donors (Lipinski definition) is 2. The lowest BCUT2D eigenvalue weighted by Gasteiger charge is -2.25. The predicted octanol–water partition coefficient (Wildman–Crippen LogP) is 3.26. The molecule has 1 unspecified atom stereocenters. The van der Waals surface area contributed by atoms with Crippen molar-refractivity contribution in [3.63, 3.8) is 0 Å². The van der Waals surface area contributed by atoms with E-state index in [2.05, 4.69) is 10.7 Å². The topological polar surface area (TPSA) is 87.7 Å². The largest absolute Gasteiger partial charge is 0.481 e. The van der Waals surface area contributed by atoms with Crippen LogP contribution in [-0.4, -0.2) is 29.5 Å². The van der Waals surface area contributed by atoms with Crippen LogP contribution in [0, 0.1) is 0 Å². The number of carbonyl (C=O) groups is 3.